The second-order valence-corrected chi connectivity index (χ2v) is 6.70. The Morgan fingerprint density at radius 2 is 2.05 bits per heavy atom. The predicted octanol–water partition coefficient (Wildman–Crippen LogP) is 2.19. The number of benzene rings is 1. The van der Waals surface area contributed by atoms with Crippen LogP contribution in [0.3, 0.4) is 0 Å². The van der Waals surface area contributed by atoms with Gasteiger partial charge < -0.3 is 5.73 Å². The Morgan fingerprint density at radius 1 is 1.37 bits per heavy atom. The summed E-state index contributed by atoms with van der Waals surface area (Å²) >= 11 is 6.91. The summed E-state index contributed by atoms with van der Waals surface area (Å²) in [7, 11) is -3.82. The SMILES string of the molecule is Cc1nsc(NS(=O)(=O)c2cc(N)c(C)cc2Cl)n1. The Balaban J connectivity index is 2.42. The highest BCUT2D eigenvalue weighted by Crippen LogP contribution is 2.28. The lowest BCUT2D eigenvalue weighted by molar-refractivity contribution is 0.601. The molecule has 0 aliphatic carbocycles. The minimum atomic E-state index is -3.82. The van der Waals surface area contributed by atoms with Crippen molar-refractivity contribution in [2.75, 3.05) is 10.5 Å². The van der Waals surface area contributed by atoms with Crippen LogP contribution in [0.5, 0.6) is 0 Å². The highest BCUT2D eigenvalue weighted by molar-refractivity contribution is 7.93. The summed E-state index contributed by atoms with van der Waals surface area (Å²) in [5, 5.41) is 0.299. The molecule has 0 spiro atoms. The third kappa shape index (κ3) is 2.96. The molecule has 0 amide bonds. The number of sulfonamides is 1. The zero-order valence-electron chi connectivity index (χ0n) is 10.1. The highest BCUT2D eigenvalue weighted by atomic mass is 35.5. The first-order valence-electron chi connectivity index (χ1n) is 5.18. The van der Waals surface area contributed by atoms with Gasteiger partial charge in [-0.3, -0.25) is 4.72 Å². The molecule has 3 N–H and O–H groups in total. The third-order valence-corrected chi connectivity index (χ3v) is 5.01. The number of rotatable bonds is 3. The van der Waals surface area contributed by atoms with Crippen molar-refractivity contribution in [1.82, 2.24) is 9.36 Å². The zero-order valence-corrected chi connectivity index (χ0v) is 12.5. The summed E-state index contributed by atoms with van der Waals surface area (Å²) in [5.74, 6) is 0.497. The van der Waals surface area contributed by atoms with Gasteiger partial charge in [-0.2, -0.15) is 4.37 Å². The fourth-order valence-corrected chi connectivity index (χ4v) is 3.80. The first kappa shape index (κ1) is 14.0. The summed E-state index contributed by atoms with van der Waals surface area (Å²) in [5.41, 5.74) is 6.79. The van der Waals surface area contributed by atoms with Crippen molar-refractivity contribution < 1.29 is 8.42 Å². The number of hydrogen-bond donors (Lipinski definition) is 2. The third-order valence-electron chi connectivity index (χ3n) is 2.36. The molecule has 0 saturated heterocycles. The van der Waals surface area contributed by atoms with Crippen molar-refractivity contribution in [2.45, 2.75) is 18.7 Å². The minimum absolute atomic E-state index is 0.0786. The number of nitrogens with two attached hydrogens (primary N) is 1. The average Bonchev–Trinajstić information content (AvgIpc) is 2.68. The largest absolute Gasteiger partial charge is 0.398 e. The smallest absolute Gasteiger partial charge is 0.265 e. The molecule has 6 nitrogen and oxygen atoms in total. The van der Waals surface area contributed by atoms with Gasteiger partial charge in [0.2, 0.25) is 5.13 Å². The number of anilines is 2. The molecule has 2 rings (SSSR count). The Labute approximate surface area is 119 Å². The van der Waals surface area contributed by atoms with Crippen molar-refractivity contribution in [3.63, 3.8) is 0 Å². The van der Waals surface area contributed by atoms with Crippen molar-refractivity contribution >= 4 is 44.0 Å². The van der Waals surface area contributed by atoms with E-state index in [1.54, 1.807) is 13.8 Å². The molecule has 1 aromatic heterocycles. The van der Waals surface area contributed by atoms with Gasteiger partial charge >= 0.3 is 0 Å². The van der Waals surface area contributed by atoms with E-state index in [0.29, 0.717) is 11.5 Å². The molecular weight excluding hydrogens is 308 g/mol. The van der Waals surface area contributed by atoms with Crippen LogP contribution >= 0.6 is 23.1 Å². The first-order chi connectivity index (χ1) is 8.79. The van der Waals surface area contributed by atoms with Gasteiger partial charge in [0.25, 0.3) is 10.0 Å². The van der Waals surface area contributed by atoms with Crippen LogP contribution in [-0.2, 0) is 10.0 Å². The minimum Gasteiger partial charge on any atom is -0.398 e. The van der Waals surface area contributed by atoms with E-state index in [9.17, 15) is 8.42 Å². The number of nitrogen functional groups attached to an aromatic ring is 1. The molecule has 0 aliphatic rings. The molecule has 1 heterocycles. The van der Waals surface area contributed by atoms with Crippen molar-refractivity contribution in [2.24, 2.45) is 0 Å². The Morgan fingerprint density at radius 3 is 2.63 bits per heavy atom. The number of aromatic nitrogens is 2. The molecule has 0 unspecified atom stereocenters. The maximum absolute atomic E-state index is 12.2. The van der Waals surface area contributed by atoms with Gasteiger partial charge in [0.15, 0.2) is 0 Å². The maximum atomic E-state index is 12.2. The number of nitrogens with zero attached hydrogens (tertiary/aromatic N) is 2. The number of nitrogens with one attached hydrogen (secondary N) is 1. The quantitative estimate of drug-likeness (QED) is 0.845. The molecular formula is C10H11ClN4O2S2. The van der Waals surface area contributed by atoms with Crippen LogP contribution in [0, 0.1) is 13.8 Å². The van der Waals surface area contributed by atoms with Crippen molar-refractivity contribution in [1.29, 1.82) is 0 Å². The van der Waals surface area contributed by atoms with Gasteiger partial charge in [0, 0.05) is 17.2 Å². The lowest BCUT2D eigenvalue weighted by Crippen LogP contribution is -2.14. The van der Waals surface area contributed by atoms with E-state index < -0.39 is 10.0 Å². The van der Waals surface area contributed by atoms with Crippen LogP contribution in [0.4, 0.5) is 10.8 Å². The van der Waals surface area contributed by atoms with E-state index in [1.807, 2.05) is 0 Å². The molecule has 0 atom stereocenters. The normalized spacial score (nSPS) is 11.5. The second-order valence-electron chi connectivity index (χ2n) is 3.89. The molecule has 102 valence electrons. The van der Waals surface area contributed by atoms with Gasteiger partial charge in [-0.1, -0.05) is 11.6 Å². The maximum Gasteiger partial charge on any atom is 0.265 e. The summed E-state index contributed by atoms with van der Waals surface area (Å²) in [6, 6.07) is 2.84. The molecule has 19 heavy (non-hydrogen) atoms. The summed E-state index contributed by atoms with van der Waals surface area (Å²) in [4.78, 5) is 3.86. The Bertz CT molecular complexity index is 727. The molecule has 1 aromatic carbocycles. The van der Waals surface area contributed by atoms with Crippen molar-refractivity contribution in [3.05, 3.63) is 28.5 Å². The van der Waals surface area contributed by atoms with Crippen LogP contribution in [0.15, 0.2) is 17.0 Å². The molecule has 0 fully saturated rings. The van der Waals surface area contributed by atoms with E-state index in [2.05, 4.69) is 14.1 Å². The fourth-order valence-electron chi connectivity index (χ4n) is 1.38. The zero-order chi connectivity index (χ0) is 14.2. The van der Waals surface area contributed by atoms with Gasteiger partial charge in [-0.05, 0) is 31.5 Å². The summed E-state index contributed by atoms with van der Waals surface area (Å²) in [6.45, 7) is 3.42. The average molecular weight is 319 g/mol. The number of hydrogen-bond acceptors (Lipinski definition) is 6. The Kier molecular flexibility index (Phi) is 3.66. The van der Waals surface area contributed by atoms with Crippen LogP contribution < -0.4 is 10.5 Å². The van der Waals surface area contributed by atoms with Crippen molar-refractivity contribution in [3.8, 4) is 0 Å². The topological polar surface area (TPSA) is 98.0 Å². The summed E-state index contributed by atoms with van der Waals surface area (Å²) in [6.07, 6.45) is 0. The van der Waals surface area contributed by atoms with Gasteiger partial charge in [0.1, 0.15) is 10.7 Å². The van der Waals surface area contributed by atoms with Crippen LogP contribution in [0.1, 0.15) is 11.4 Å². The van der Waals surface area contributed by atoms with E-state index in [1.165, 1.54) is 12.1 Å². The molecule has 0 aliphatic heterocycles. The fraction of sp³-hybridized carbons (Fsp3) is 0.200. The Hall–Kier alpha value is -1.38. The molecule has 0 bridgehead atoms. The highest BCUT2D eigenvalue weighted by Gasteiger charge is 2.20. The van der Waals surface area contributed by atoms with Gasteiger partial charge in [0.05, 0.1) is 5.02 Å². The number of aryl methyl sites for hydroxylation is 2. The first-order valence-corrected chi connectivity index (χ1v) is 7.82. The summed E-state index contributed by atoms with van der Waals surface area (Å²) < 4.78 is 30.6. The van der Waals surface area contributed by atoms with E-state index in [-0.39, 0.29) is 15.0 Å². The molecule has 0 saturated carbocycles. The predicted molar refractivity (Wildman–Crippen MR) is 76.1 cm³/mol. The lowest BCUT2D eigenvalue weighted by Gasteiger charge is -2.09. The van der Waals surface area contributed by atoms with Gasteiger partial charge in [-0.25, -0.2) is 13.4 Å². The second kappa shape index (κ2) is 4.95. The molecule has 9 heteroatoms. The monoisotopic (exact) mass is 318 g/mol. The van der Waals surface area contributed by atoms with E-state index in [0.717, 1.165) is 17.1 Å². The van der Waals surface area contributed by atoms with Crippen LogP contribution in [-0.4, -0.2) is 17.8 Å². The number of halogens is 1. The molecule has 0 radical (unpaired) electrons. The van der Waals surface area contributed by atoms with E-state index in [4.69, 9.17) is 17.3 Å². The van der Waals surface area contributed by atoms with Crippen LogP contribution in [0.2, 0.25) is 5.02 Å². The molecule has 2 aromatic rings. The standard InChI is InChI=1S/C10H11ClN4O2S2/c1-5-3-7(11)9(4-8(5)12)19(16,17)15-10-13-6(2)14-18-10/h3-4H,12H2,1-2H3,(H,13,14,15). The lowest BCUT2D eigenvalue weighted by atomic mass is 10.2. The van der Waals surface area contributed by atoms with Gasteiger partial charge in [-0.15, -0.1) is 0 Å². The van der Waals surface area contributed by atoms with Crippen LogP contribution in [0.25, 0.3) is 0 Å². The van der Waals surface area contributed by atoms with E-state index >= 15 is 0 Å².